The molecule has 1 aromatic carbocycles. The van der Waals surface area contributed by atoms with Crippen LogP contribution in [0.3, 0.4) is 0 Å². The molecule has 2 aromatic heterocycles. The minimum Gasteiger partial charge on any atom is -0.406 e. The van der Waals surface area contributed by atoms with Gasteiger partial charge in [-0.2, -0.15) is 5.10 Å². The molecule has 1 amide bonds. The molecule has 2 heterocycles. The zero-order chi connectivity index (χ0) is 20.1. The molecule has 0 saturated heterocycles. The van der Waals surface area contributed by atoms with Gasteiger partial charge in [-0.15, -0.1) is 13.2 Å². The highest BCUT2D eigenvalue weighted by atomic mass is 19.4. The van der Waals surface area contributed by atoms with E-state index in [1.165, 1.54) is 18.2 Å². The minimum atomic E-state index is -4.77. The highest BCUT2D eigenvalue weighted by Gasteiger charge is 2.30. The number of ether oxygens (including phenoxy) is 1. The average molecular weight is 390 g/mol. The molecule has 0 bridgehead atoms. The first-order valence-corrected chi connectivity index (χ1v) is 7.95. The van der Waals surface area contributed by atoms with Crippen LogP contribution in [0.1, 0.15) is 15.9 Å². The zero-order valence-corrected chi connectivity index (χ0v) is 14.2. The summed E-state index contributed by atoms with van der Waals surface area (Å²) in [5, 5.41) is 8.70. The van der Waals surface area contributed by atoms with Crippen LogP contribution in [-0.2, 0) is 6.54 Å². The van der Waals surface area contributed by atoms with E-state index in [9.17, 15) is 22.8 Å². The van der Waals surface area contributed by atoms with Gasteiger partial charge in [0.05, 0.1) is 5.69 Å². The summed E-state index contributed by atoms with van der Waals surface area (Å²) in [6, 6.07) is 9.72. The number of hydrogen-bond donors (Lipinski definition) is 2. The van der Waals surface area contributed by atoms with Gasteiger partial charge in [0.25, 0.3) is 11.5 Å². The predicted octanol–water partition coefficient (Wildman–Crippen LogP) is 2.66. The minimum absolute atomic E-state index is 0.0114. The smallest absolute Gasteiger partial charge is 0.406 e. The molecule has 0 saturated carbocycles. The van der Waals surface area contributed by atoms with Gasteiger partial charge in [0.15, 0.2) is 0 Å². The van der Waals surface area contributed by atoms with Crippen LogP contribution in [0, 0.1) is 0 Å². The third kappa shape index (κ3) is 4.93. The van der Waals surface area contributed by atoms with Crippen LogP contribution < -0.4 is 15.6 Å². The normalized spacial score (nSPS) is 11.1. The number of aromatic amines is 1. The van der Waals surface area contributed by atoms with Gasteiger partial charge < -0.3 is 10.1 Å². The predicted molar refractivity (Wildman–Crippen MR) is 92.4 cm³/mol. The summed E-state index contributed by atoms with van der Waals surface area (Å²) >= 11 is 0. The Balaban J connectivity index is 1.69. The summed E-state index contributed by atoms with van der Waals surface area (Å²) in [5.41, 5.74) is 0.784. The highest BCUT2D eigenvalue weighted by molar-refractivity contribution is 5.94. The molecule has 3 aromatic rings. The molecule has 0 aliphatic carbocycles. The van der Waals surface area contributed by atoms with Crippen LogP contribution in [0.2, 0.25) is 0 Å². The van der Waals surface area contributed by atoms with Crippen molar-refractivity contribution in [2.24, 2.45) is 0 Å². The number of carbonyl (C=O) groups is 1. The number of alkyl halides is 3. The molecule has 144 valence electrons. The number of nitrogens with one attached hydrogen (secondary N) is 2. The van der Waals surface area contributed by atoms with Gasteiger partial charge in [-0.1, -0.05) is 12.1 Å². The summed E-state index contributed by atoms with van der Waals surface area (Å²) in [5.74, 6) is -1.01. The lowest BCUT2D eigenvalue weighted by atomic mass is 10.1. The number of H-pyrrole nitrogens is 1. The molecule has 0 aliphatic heterocycles. The number of aromatic nitrogens is 3. The van der Waals surface area contributed by atoms with Crippen LogP contribution in [0.15, 0.2) is 59.7 Å². The number of pyridine rings is 1. The van der Waals surface area contributed by atoms with E-state index in [0.29, 0.717) is 16.8 Å². The fourth-order valence-electron chi connectivity index (χ4n) is 2.33. The summed E-state index contributed by atoms with van der Waals surface area (Å²) in [4.78, 5) is 28.1. The second-order valence-corrected chi connectivity index (χ2v) is 5.61. The van der Waals surface area contributed by atoms with E-state index < -0.39 is 17.8 Å². The first kappa shape index (κ1) is 19.1. The molecule has 7 nitrogen and oxygen atoms in total. The third-order valence-corrected chi connectivity index (χ3v) is 3.63. The Hall–Kier alpha value is -3.69. The Morgan fingerprint density at radius 2 is 1.79 bits per heavy atom. The molecular weight excluding hydrogens is 377 g/mol. The lowest BCUT2D eigenvalue weighted by Gasteiger charge is -2.10. The Bertz CT molecular complexity index is 1020. The molecule has 0 fully saturated rings. The lowest BCUT2D eigenvalue weighted by molar-refractivity contribution is -0.274. The van der Waals surface area contributed by atoms with Crippen LogP contribution >= 0.6 is 0 Å². The monoisotopic (exact) mass is 390 g/mol. The van der Waals surface area contributed by atoms with Crippen molar-refractivity contribution in [3.63, 3.8) is 0 Å². The van der Waals surface area contributed by atoms with E-state index in [1.807, 2.05) is 0 Å². The van der Waals surface area contributed by atoms with Gasteiger partial charge in [-0.05, 0) is 35.9 Å². The Labute approximate surface area is 156 Å². The number of carbonyl (C=O) groups excluding carboxylic acids is 1. The highest BCUT2D eigenvalue weighted by Crippen LogP contribution is 2.22. The van der Waals surface area contributed by atoms with Crippen molar-refractivity contribution >= 4 is 5.91 Å². The van der Waals surface area contributed by atoms with E-state index in [4.69, 9.17) is 0 Å². The van der Waals surface area contributed by atoms with Crippen molar-refractivity contribution in [3.05, 3.63) is 76.3 Å². The quantitative estimate of drug-likeness (QED) is 0.698. The Kier molecular flexibility index (Phi) is 5.39. The zero-order valence-electron chi connectivity index (χ0n) is 14.2. The number of amides is 1. The van der Waals surface area contributed by atoms with E-state index in [-0.39, 0.29) is 17.9 Å². The van der Waals surface area contributed by atoms with E-state index in [0.717, 1.165) is 12.1 Å². The maximum Gasteiger partial charge on any atom is 0.573 e. The van der Waals surface area contributed by atoms with Gasteiger partial charge in [0.1, 0.15) is 11.3 Å². The van der Waals surface area contributed by atoms with Crippen molar-refractivity contribution in [1.82, 2.24) is 20.5 Å². The van der Waals surface area contributed by atoms with Crippen LogP contribution in [0.25, 0.3) is 11.3 Å². The topological polar surface area (TPSA) is 97.0 Å². The second-order valence-electron chi connectivity index (χ2n) is 5.61. The maximum absolute atomic E-state index is 12.3. The van der Waals surface area contributed by atoms with Crippen LogP contribution in [0.4, 0.5) is 13.2 Å². The first-order valence-electron chi connectivity index (χ1n) is 7.95. The Morgan fingerprint density at radius 1 is 1.11 bits per heavy atom. The third-order valence-electron chi connectivity index (χ3n) is 3.63. The molecule has 0 unspecified atom stereocenters. The van der Waals surface area contributed by atoms with Crippen LogP contribution in [-0.4, -0.2) is 27.5 Å². The summed E-state index contributed by atoms with van der Waals surface area (Å²) in [6.45, 7) is 0.0114. The van der Waals surface area contributed by atoms with Crippen molar-refractivity contribution < 1.29 is 22.7 Å². The molecule has 0 spiro atoms. The van der Waals surface area contributed by atoms with Crippen molar-refractivity contribution in [2.75, 3.05) is 0 Å². The fourth-order valence-corrected chi connectivity index (χ4v) is 2.33. The number of rotatable bonds is 5. The molecule has 0 radical (unpaired) electrons. The number of nitrogens with zero attached hydrogens (tertiary/aromatic N) is 2. The summed E-state index contributed by atoms with van der Waals surface area (Å²) in [6.07, 6.45) is -1.67. The van der Waals surface area contributed by atoms with Gasteiger partial charge >= 0.3 is 6.36 Å². The molecule has 0 atom stereocenters. The van der Waals surface area contributed by atoms with Gasteiger partial charge in [0.2, 0.25) is 0 Å². The van der Waals surface area contributed by atoms with Crippen LogP contribution in [0.5, 0.6) is 5.75 Å². The number of hydrogen-bond acceptors (Lipinski definition) is 5. The molecule has 2 N–H and O–H groups in total. The largest absolute Gasteiger partial charge is 0.573 e. The van der Waals surface area contributed by atoms with Crippen molar-refractivity contribution in [1.29, 1.82) is 0 Å². The number of halogens is 3. The average Bonchev–Trinajstić information content (AvgIpc) is 2.67. The van der Waals surface area contributed by atoms with E-state index in [2.05, 4.69) is 25.2 Å². The van der Waals surface area contributed by atoms with Gasteiger partial charge in [0, 0.05) is 24.5 Å². The first-order chi connectivity index (χ1) is 13.3. The van der Waals surface area contributed by atoms with Crippen molar-refractivity contribution in [2.45, 2.75) is 12.9 Å². The Morgan fingerprint density at radius 3 is 2.43 bits per heavy atom. The standard InChI is InChI=1S/C18H13F3N4O3/c19-18(20,21)28-13-3-1-11(2-4-13)10-23-16(26)14-9-15(24-25-17(14)27)12-5-7-22-8-6-12/h1-9H,10H2,(H,23,26)(H,25,27). The molecular formula is C18H13F3N4O3. The fraction of sp³-hybridized carbons (Fsp3) is 0.111. The van der Waals surface area contributed by atoms with Gasteiger partial charge in [-0.3, -0.25) is 14.6 Å². The molecule has 10 heteroatoms. The molecule has 3 rings (SSSR count). The maximum atomic E-state index is 12.3. The summed E-state index contributed by atoms with van der Waals surface area (Å²) < 4.78 is 40.2. The second kappa shape index (κ2) is 7.91. The van der Waals surface area contributed by atoms with Gasteiger partial charge in [-0.25, -0.2) is 5.10 Å². The molecule has 0 aliphatic rings. The number of benzene rings is 1. The summed E-state index contributed by atoms with van der Waals surface area (Å²) in [7, 11) is 0. The lowest BCUT2D eigenvalue weighted by Crippen LogP contribution is -2.29. The van der Waals surface area contributed by atoms with E-state index >= 15 is 0 Å². The SMILES string of the molecule is O=C(NCc1ccc(OC(F)(F)F)cc1)c1cc(-c2ccncc2)n[nH]c1=O. The molecule has 28 heavy (non-hydrogen) atoms. The van der Waals surface area contributed by atoms with Crippen molar-refractivity contribution in [3.8, 4) is 17.0 Å². The van der Waals surface area contributed by atoms with E-state index in [1.54, 1.807) is 24.5 Å².